The molecule has 5 nitrogen and oxygen atoms in total. The third-order valence-corrected chi connectivity index (χ3v) is 2.93. The molecule has 0 spiro atoms. The number of nitrogens with zero attached hydrogens (tertiary/aromatic N) is 2. The number of carboxylic acids is 1. The maximum Gasteiger partial charge on any atom is 0.306 e. The predicted molar refractivity (Wildman–Crippen MR) is 51.4 cm³/mol. The van der Waals surface area contributed by atoms with E-state index in [0.29, 0.717) is 24.6 Å². The minimum Gasteiger partial charge on any atom is -0.481 e. The number of hydrogen-bond acceptors (Lipinski definition) is 4. The van der Waals surface area contributed by atoms with Crippen LogP contribution in [0.1, 0.15) is 43.8 Å². The van der Waals surface area contributed by atoms with Crippen molar-refractivity contribution in [2.45, 2.75) is 38.5 Å². The number of carboxylic acid groups (broad SMARTS) is 1. The lowest BCUT2D eigenvalue weighted by atomic mass is 10.1. The highest BCUT2D eigenvalue weighted by atomic mass is 16.5. The molecule has 2 unspecified atom stereocenters. The summed E-state index contributed by atoms with van der Waals surface area (Å²) >= 11 is 0. The maximum atomic E-state index is 10.8. The van der Waals surface area contributed by atoms with Gasteiger partial charge in [-0.25, -0.2) is 0 Å². The molecule has 2 atom stereocenters. The average molecular weight is 210 g/mol. The zero-order valence-corrected chi connectivity index (χ0v) is 8.64. The highest BCUT2D eigenvalue weighted by Gasteiger charge is 2.33. The summed E-state index contributed by atoms with van der Waals surface area (Å²) in [6.07, 6.45) is 2.92. The molecule has 1 aliphatic carbocycles. The van der Waals surface area contributed by atoms with E-state index in [9.17, 15) is 4.79 Å². The molecule has 0 aliphatic heterocycles. The van der Waals surface area contributed by atoms with Crippen molar-refractivity contribution in [2.75, 3.05) is 0 Å². The summed E-state index contributed by atoms with van der Waals surface area (Å²) in [4.78, 5) is 15.0. The van der Waals surface area contributed by atoms with Gasteiger partial charge in [0.1, 0.15) is 0 Å². The summed E-state index contributed by atoms with van der Waals surface area (Å²) in [6.45, 7) is 1.96. The fourth-order valence-electron chi connectivity index (χ4n) is 2.01. The number of aliphatic carboxylic acids is 1. The van der Waals surface area contributed by atoms with Gasteiger partial charge in [0.25, 0.3) is 0 Å². The Kier molecular flexibility index (Phi) is 2.70. The Morgan fingerprint density at radius 1 is 1.60 bits per heavy atom. The van der Waals surface area contributed by atoms with E-state index >= 15 is 0 Å². The van der Waals surface area contributed by atoms with Crippen LogP contribution < -0.4 is 0 Å². The lowest BCUT2D eigenvalue weighted by Crippen LogP contribution is -2.09. The Labute approximate surface area is 87.5 Å². The molecule has 1 N–H and O–H groups in total. The highest BCUT2D eigenvalue weighted by Crippen LogP contribution is 2.37. The van der Waals surface area contributed by atoms with E-state index in [4.69, 9.17) is 9.63 Å². The second kappa shape index (κ2) is 4.00. The van der Waals surface area contributed by atoms with Crippen LogP contribution >= 0.6 is 0 Å². The molecular weight excluding hydrogens is 196 g/mol. The van der Waals surface area contributed by atoms with Crippen LogP contribution in [-0.2, 0) is 11.2 Å². The van der Waals surface area contributed by atoms with Crippen molar-refractivity contribution >= 4 is 5.97 Å². The average Bonchev–Trinajstić information content (AvgIpc) is 2.86. The van der Waals surface area contributed by atoms with Crippen LogP contribution in [0.15, 0.2) is 4.52 Å². The Hall–Kier alpha value is -1.39. The van der Waals surface area contributed by atoms with E-state index in [0.717, 1.165) is 12.8 Å². The predicted octanol–water partition coefficient (Wildman–Crippen LogP) is 1.60. The molecule has 0 bridgehead atoms. The van der Waals surface area contributed by atoms with Crippen LogP contribution in [0.5, 0.6) is 0 Å². The van der Waals surface area contributed by atoms with Gasteiger partial charge in [-0.2, -0.15) is 4.98 Å². The number of carbonyl (C=O) groups is 1. The second-order valence-corrected chi connectivity index (χ2v) is 3.95. The molecule has 15 heavy (non-hydrogen) atoms. The van der Waals surface area contributed by atoms with E-state index in [2.05, 4.69) is 10.1 Å². The number of aromatic nitrogens is 2. The maximum absolute atomic E-state index is 10.8. The van der Waals surface area contributed by atoms with E-state index in [-0.39, 0.29) is 11.8 Å². The Morgan fingerprint density at radius 2 is 2.40 bits per heavy atom. The molecule has 1 heterocycles. The van der Waals surface area contributed by atoms with Gasteiger partial charge in [-0.15, -0.1) is 0 Å². The van der Waals surface area contributed by atoms with E-state index < -0.39 is 5.97 Å². The molecule has 0 radical (unpaired) electrons. The third kappa shape index (κ3) is 2.00. The van der Waals surface area contributed by atoms with Crippen LogP contribution in [0, 0.1) is 5.92 Å². The van der Waals surface area contributed by atoms with Crippen molar-refractivity contribution in [3.05, 3.63) is 11.7 Å². The molecular formula is C10H14N2O3. The number of aryl methyl sites for hydroxylation is 1. The highest BCUT2D eigenvalue weighted by molar-refractivity contribution is 5.70. The van der Waals surface area contributed by atoms with Crippen molar-refractivity contribution in [1.82, 2.24) is 10.1 Å². The summed E-state index contributed by atoms with van der Waals surface area (Å²) in [5, 5.41) is 12.7. The summed E-state index contributed by atoms with van der Waals surface area (Å²) in [5.41, 5.74) is 0. The molecule has 2 rings (SSSR count). The summed E-state index contributed by atoms with van der Waals surface area (Å²) in [6, 6.07) is 0. The van der Waals surface area contributed by atoms with E-state index in [1.54, 1.807) is 0 Å². The van der Waals surface area contributed by atoms with Gasteiger partial charge in [-0.05, 0) is 19.3 Å². The summed E-state index contributed by atoms with van der Waals surface area (Å²) < 4.78 is 5.11. The first-order chi connectivity index (χ1) is 7.20. The second-order valence-electron chi connectivity index (χ2n) is 3.95. The fraction of sp³-hybridized carbons (Fsp3) is 0.700. The lowest BCUT2D eigenvalue weighted by Gasteiger charge is -2.02. The summed E-state index contributed by atoms with van der Waals surface area (Å²) in [5.74, 6) is 0.484. The monoisotopic (exact) mass is 210 g/mol. The first-order valence-corrected chi connectivity index (χ1v) is 5.26. The van der Waals surface area contributed by atoms with Gasteiger partial charge in [0.2, 0.25) is 5.89 Å². The molecule has 0 saturated heterocycles. The van der Waals surface area contributed by atoms with Crippen LogP contribution in [0.3, 0.4) is 0 Å². The lowest BCUT2D eigenvalue weighted by molar-refractivity contribution is -0.141. The Bertz CT molecular complexity index is 361. The van der Waals surface area contributed by atoms with Gasteiger partial charge < -0.3 is 9.63 Å². The van der Waals surface area contributed by atoms with Crippen LogP contribution in [0.2, 0.25) is 0 Å². The standard InChI is InChI=1S/C10H14N2O3/c1-2-8-11-9(15-12-8)6-3-4-7(5-6)10(13)14/h6-7H,2-5H2,1H3,(H,13,14). The van der Waals surface area contributed by atoms with Crippen LogP contribution in [0.25, 0.3) is 0 Å². The van der Waals surface area contributed by atoms with Gasteiger partial charge in [0, 0.05) is 12.3 Å². The molecule has 1 aliphatic rings. The van der Waals surface area contributed by atoms with Gasteiger partial charge in [-0.3, -0.25) is 4.79 Å². The molecule has 82 valence electrons. The Balaban J connectivity index is 2.04. The first-order valence-electron chi connectivity index (χ1n) is 5.26. The van der Waals surface area contributed by atoms with Crippen molar-refractivity contribution in [1.29, 1.82) is 0 Å². The summed E-state index contributed by atoms with van der Waals surface area (Å²) in [7, 11) is 0. The molecule has 1 aromatic heterocycles. The van der Waals surface area contributed by atoms with Crippen molar-refractivity contribution < 1.29 is 14.4 Å². The molecule has 1 aromatic rings. The van der Waals surface area contributed by atoms with Gasteiger partial charge >= 0.3 is 5.97 Å². The quantitative estimate of drug-likeness (QED) is 0.819. The smallest absolute Gasteiger partial charge is 0.306 e. The van der Waals surface area contributed by atoms with Crippen molar-refractivity contribution in [3.63, 3.8) is 0 Å². The van der Waals surface area contributed by atoms with Gasteiger partial charge in [0.15, 0.2) is 5.82 Å². The topological polar surface area (TPSA) is 76.2 Å². The number of rotatable bonds is 3. The molecule has 0 aromatic carbocycles. The van der Waals surface area contributed by atoms with Crippen LogP contribution in [0.4, 0.5) is 0 Å². The zero-order chi connectivity index (χ0) is 10.8. The van der Waals surface area contributed by atoms with Crippen molar-refractivity contribution in [2.24, 2.45) is 5.92 Å². The van der Waals surface area contributed by atoms with Crippen LogP contribution in [-0.4, -0.2) is 21.2 Å². The minimum atomic E-state index is -0.715. The molecule has 1 fully saturated rings. The minimum absolute atomic E-state index is 0.138. The third-order valence-electron chi connectivity index (χ3n) is 2.93. The SMILES string of the molecule is CCc1noc(C2CCC(C(=O)O)C2)n1. The number of hydrogen-bond donors (Lipinski definition) is 1. The fourth-order valence-corrected chi connectivity index (χ4v) is 2.01. The Morgan fingerprint density at radius 3 is 2.93 bits per heavy atom. The van der Waals surface area contributed by atoms with Gasteiger partial charge in [-0.1, -0.05) is 12.1 Å². The van der Waals surface area contributed by atoms with E-state index in [1.807, 2.05) is 6.92 Å². The normalized spacial score (nSPS) is 25.7. The van der Waals surface area contributed by atoms with Gasteiger partial charge in [0.05, 0.1) is 5.92 Å². The first kappa shape index (κ1) is 10.1. The van der Waals surface area contributed by atoms with Crippen molar-refractivity contribution in [3.8, 4) is 0 Å². The molecule has 0 amide bonds. The van der Waals surface area contributed by atoms with E-state index in [1.165, 1.54) is 0 Å². The largest absolute Gasteiger partial charge is 0.481 e. The zero-order valence-electron chi connectivity index (χ0n) is 8.64. The molecule has 1 saturated carbocycles. The molecule has 5 heteroatoms.